The zero-order chi connectivity index (χ0) is 9.35. The average molecular weight is 191 g/mol. The summed E-state index contributed by atoms with van der Waals surface area (Å²) in [5, 5.41) is 0.0716. The van der Waals surface area contributed by atoms with Crippen molar-refractivity contribution < 1.29 is 17.6 Å². The summed E-state index contributed by atoms with van der Waals surface area (Å²) in [5.74, 6) is -0.908. The molecule has 0 heterocycles. The number of halogens is 4. The first-order valence-corrected chi connectivity index (χ1v) is 3.49. The van der Waals surface area contributed by atoms with Crippen LogP contribution in [-0.2, 0) is 6.18 Å². The molecule has 1 rings (SSSR count). The predicted molar refractivity (Wildman–Crippen MR) is 36.8 cm³/mol. The largest absolute Gasteiger partial charge is 0.416 e. The maximum atomic E-state index is 12.4. The van der Waals surface area contributed by atoms with Crippen LogP contribution in [0.4, 0.5) is 17.6 Å². The van der Waals surface area contributed by atoms with E-state index in [0.717, 1.165) is 12.1 Å². The molecule has 0 N–H and O–H groups in total. The van der Waals surface area contributed by atoms with Gasteiger partial charge in [-0.15, -0.1) is 0 Å². The van der Waals surface area contributed by atoms with Crippen LogP contribution >= 0.6 is 0 Å². The molecule has 12 heavy (non-hydrogen) atoms. The van der Waals surface area contributed by atoms with Crippen LogP contribution in [0.2, 0.25) is 0 Å². The van der Waals surface area contributed by atoms with Crippen LogP contribution in [0.5, 0.6) is 0 Å². The van der Waals surface area contributed by atoms with Gasteiger partial charge in [-0.25, -0.2) is 4.39 Å². The summed E-state index contributed by atoms with van der Waals surface area (Å²) in [4.78, 5) is 0. The zero-order valence-electron chi connectivity index (χ0n) is 5.74. The summed E-state index contributed by atoms with van der Waals surface area (Å²) < 4.78 is 48.3. The molecule has 63 valence electrons. The second kappa shape index (κ2) is 2.89. The van der Waals surface area contributed by atoms with Crippen molar-refractivity contribution in [3.63, 3.8) is 0 Å². The number of rotatable bonds is 0. The quantitative estimate of drug-likeness (QED) is 0.432. The van der Waals surface area contributed by atoms with Crippen molar-refractivity contribution in [2.75, 3.05) is 0 Å². The van der Waals surface area contributed by atoms with Gasteiger partial charge in [0.15, 0.2) is 0 Å². The number of alkyl halides is 3. The van der Waals surface area contributed by atoms with E-state index >= 15 is 0 Å². The van der Waals surface area contributed by atoms with Gasteiger partial charge < -0.3 is 0 Å². The van der Waals surface area contributed by atoms with E-state index in [1.807, 2.05) is 0 Å². The third-order valence-corrected chi connectivity index (χ3v) is 1.51. The average Bonchev–Trinajstić information content (AvgIpc) is 1.82. The molecule has 0 bridgehead atoms. The van der Waals surface area contributed by atoms with Gasteiger partial charge in [0.1, 0.15) is 5.82 Å². The maximum Gasteiger partial charge on any atom is 0.416 e. The molecule has 1 aromatic carbocycles. The van der Waals surface area contributed by atoms with Crippen LogP contribution in [-0.4, -0.2) is 10.2 Å². The van der Waals surface area contributed by atoms with Gasteiger partial charge in [0.05, 0.1) is 15.8 Å². The first kappa shape index (κ1) is 9.25. The summed E-state index contributed by atoms with van der Waals surface area (Å²) in [6, 6.07) is 2.23. The van der Waals surface area contributed by atoms with Crippen molar-refractivity contribution in [3.05, 3.63) is 29.6 Å². The van der Waals surface area contributed by atoms with E-state index in [1.54, 1.807) is 0 Å². The summed E-state index contributed by atoms with van der Waals surface area (Å²) >= 11 is 0. The molecule has 1 aromatic rings. The van der Waals surface area contributed by atoms with Crippen LogP contribution in [0.25, 0.3) is 0 Å². The van der Waals surface area contributed by atoms with E-state index in [-0.39, 0.29) is 5.19 Å². The Labute approximate surface area is 69.6 Å². The first-order chi connectivity index (χ1) is 5.39. The molecule has 3 radical (unpaired) electrons. The number of hydrogen-bond donors (Lipinski definition) is 0. The highest BCUT2D eigenvalue weighted by Crippen LogP contribution is 2.28. The topological polar surface area (TPSA) is 0 Å². The molecule has 0 spiro atoms. The fourth-order valence-electron chi connectivity index (χ4n) is 0.753. The van der Waals surface area contributed by atoms with Crippen LogP contribution in [0.15, 0.2) is 18.2 Å². The number of hydrogen-bond acceptors (Lipinski definition) is 0. The lowest BCUT2D eigenvalue weighted by Gasteiger charge is -2.06. The minimum atomic E-state index is -4.50. The number of benzene rings is 1. The van der Waals surface area contributed by atoms with E-state index in [4.69, 9.17) is 0 Å². The van der Waals surface area contributed by atoms with Gasteiger partial charge in [0.25, 0.3) is 0 Å². The van der Waals surface area contributed by atoms with Crippen LogP contribution in [0.3, 0.4) is 0 Å². The van der Waals surface area contributed by atoms with Gasteiger partial charge in [0.2, 0.25) is 0 Å². The van der Waals surface area contributed by atoms with Crippen molar-refractivity contribution in [2.45, 2.75) is 6.18 Å². The fourth-order valence-corrected chi connectivity index (χ4v) is 1.05. The third kappa shape index (κ3) is 2.07. The molecule has 0 fully saturated rings. The van der Waals surface area contributed by atoms with Gasteiger partial charge in [-0.3, -0.25) is 0 Å². The molecule has 0 saturated carbocycles. The Morgan fingerprint density at radius 1 is 1.08 bits per heavy atom. The lowest BCUT2D eigenvalue weighted by molar-refractivity contribution is -0.137. The lowest BCUT2D eigenvalue weighted by atomic mass is 10.2. The summed E-state index contributed by atoms with van der Waals surface area (Å²) in [6.45, 7) is 0. The third-order valence-electron chi connectivity index (χ3n) is 1.23. The van der Waals surface area contributed by atoms with E-state index in [2.05, 4.69) is 10.2 Å². The SMILES string of the molecule is Fc1cc([Si])cc(C(F)(F)F)c1. The molecule has 0 aromatic heterocycles. The molecule has 0 saturated heterocycles. The molecule has 0 amide bonds. The minimum absolute atomic E-state index is 0.0716. The van der Waals surface area contributed by atoms with Gasteiger partial charge in [-0.2, -0.15) is 13.2 Å². The molecule has 0 unspecified atom stereocenters. The van der Waals surface area contributed by atoms with Crippen LogP contribution in [0, 0.1) is 5.82 Å². The predicted octanol–water partition coefficient (Wildman–Crippen LogP) is 1.64. The zero-order valence-corrected chi connectivity index (χ0v) is 6.74. The van der Waals surface area contributed by atoms with Crippen molar-refractivity contribution in [1.82, 2.24) is 0 Å². The monoisotopic (exact) mass is 191 g/mol. The van der Waals surface area contributed by atoms with E-state index in [0.29, 0.717) is 6.07 Å². The van der Waals surface area contributed by atoms with Gasteiger partial charge in [0, 0.05) is 0 Å². The highest BCUT2D eigenvalue weighted by atomic mass is 28.1. The van der Waals surface area contributed by atoms with E-state index < -0.39 is 17.6 Å². The first-order valence-electron chi connectivity index (χ1n) is 2.99. The molecule has 0 aliphatic rings. The molecular formula is C7H3F4Si. The Bertz CT molecular complexity index is 272. The summed E-state index contributed by atoms with van der Waals surface area (Å²) in [7, 11) is 2.82. The fraction of sp³-hybridized carbons (Fsp3) is 0.143. The second-order valence-corrected chi connectivity index (χ2v) is 2.80. The molecule has 0 nitrogen and oxygen atoms in total. The van der Waals surface area contributed by atoms with E-state index in [1.165, 1.54) is 0 Å². The van der Waals surface area contributed by atoms with Crippen molar-refractivity contribution >= 4 is 15.4 Å². The van der Waals surface area contributed by atoms with E-state index in [9.17, 15) is 17.6 Å². The molecule has 0 atom stereocenters. The Morgan fingerprint density at radius 3 is 2.08 bits per heavy atom. The van der Waals surface area contributed by atoms with Crippen LogP contribution < -0.4 is 5.19 Å². The Balaban J connectivity index is 3.18. The molecular weight excluding hydrogens is 188 g/mol. The highest BCUT2D eigenvalue weighted by Gasteiger charge is 2.30. The smallest absolute Gasteiger partial charge is 0.207 e. The van der Waals surface area contributed by atoms with Crippen molar-refractivity contribution in [1.29, 1.82) is 0 Å². The second-order valence-electron chi connectivity index (χ2n) is 2.23. The normalized spacial score (nSPS) is 11.8. The lowest BCUT2D eigenvalue weighted by Crippen LogP contribution is -2.12. The standard InChI is InChI=1S/C7H3F4Si/c8-5-1-4(7(9,10)11)2-6(12)3-5/h1-3H. The minimum Gasteiger partial charge on any atom is -0.207 e. The Kier molecular flexibility index (Phi) is 2.23. The van der Waals surface area contributed by atoms with Gasteiger partial charge in [-0.05, 0) is 12.1 Å². The van der Waals surface area contributed by atoms with Crippen LogP contribution in [0.1, 0.15) is 5.56 Å². The molecule has 0 aliphatic heterocycles. The molecule has 5 heteroatoms. The summed E-state index contributed by atoms with van der Waals surface area (Å²) in [6.07, 6.45) is -4.50. The Morgan fingerprint density at radius 2 is 1.67 bits per heavy atom. The molecule has 0 aliphatic carbocycles. The van der Waals surface area contributed by atoms with Crippen molar-refractivity contribution in [3.8, 4) is 0 Å². The summed E-state index contributed by atoms with van der Waals surface area (Å²) in [5.41, 5.74) is -0.993. The maximum absolute atomic E-state index is 12.4. The highest BCUT2D eigenvalue weighted by molar-refractivity contribution is 6.32. The van der Waals surface area contributed by atoms with Gasteiger partial charge in [-0.1, -0.05) is 11.3 Å². The van der Waals surface area contributed by atoms with Gasteiger partial charge >= 0.3 is 6.18 Å². The Hall–Kier alpha value is -0.843. The van der Waals surface area contributed by atoms with Crippen molar-refractivity contribution in [2.24, 2.45) is 0 Å².